The molecule has 0 radical (unpaired) electrons. The van der Waals surface area contributed by atoms with E-state index in [0.29, 0.717) is 43.4 Å². The number of hydrogen-bond donors (Lipinski definition) is 3. The Balaban J connectivity index is 0.000000404. The van der Waals surface area contributed by atoms with Gasteiger partial charge in [0, 0.05) is 19.7 Å². The fourth-order valence-corrected chi connectivity index (χ4v) is 4.66. The van der Waals surface area contributed by atoms with Crippen molar-refractivity contribution in [1.29, 1.82) is 0 Å². The van der Waals surface area contributed by atoms with Gasteiger partial charge in [0.15, 0.2) is 0 Å². The number of nitrogens with zero attached hydrogens (tertiary/aromatic N) is 2. The van der Waals surface area contributed by atoms with E-state index in [1.165, 1.54) is 62.4 Å². The molecule has 4 aromatic rings. The van der Waals surface area contributed by atoms with Gasteiger partial charge in [-0.2, -0.15) is 0 Å². The van der Waals surface area contributed by atoms with Crippen molar-refractivity contribution in [3.63, 3.8) is 0 Å². The van der Waals surface area contributed by atoms with Crippen LogP contribution in [-0.2, 0) is 22.3 Å². The topological polar surface area (TPSA) is 153 Å². The minimum Gasteiger partial charge on any atom is -0.870 e. The van der Waals surface area contributed by atoms with Crippen LogP contribution in [0.25, 0.3) is 0 Å². The van der Waals surface area contributed by atoms with Crippen LogP contribution in [0.1, 0.15) is 51.6 Å². The molecule has 4 N–H and O–H groups in total. The fourth-order valence-electron chi connectivity index (χ4n) is 4.36. The number of rotatable bonds is 10. The molecule has 0 bridgehead atoms. The Morgan fingerprint density at radius 3 is 1.76 bits per heavy atom. The summed E-state index contributed by atoms with van der Waals surface area (Å²) in [6.07, 6.45) is 4.21. The third kappa shape index (κ3) is 15.8. The Kier molecular flexibility index (Phi) is 20.6. The molecule has 1 unspecified atom stereocenters. The van der Waals surface area contributed by atoms with Gasteiger partial charge in [0.2, 0.25) is 0 Å². The molecule has 2 aromatic heterocycles. The van der Waals surface area contributed by atoms with Gasteiger partial charge in [-0.05, 0) is 92.3 Å². The van der Waals surface area contributed by atoms with Gasteiger partial charge in [0.1, 0.15) is 44.7 Å². The smallest absolute Gasteiger partial charge is 0.870 e. The van der Waals surface area contributed by atoms with E-state index in [1.807, 2.05) is 6.07 Å². The first-order valence-electron chi connectivity index (χ1n) is 14.8. The van der Waals surface area contributed by atoms with Crippen molar-refractivity contribution >= 4 is 46.8 Å². The van der Waals surface area contributed by atoms with Crippen molar-refractivity contribution in [2.45, 2.75) is 38.7 Å². The first-order chi connectivity index (χ1) is 22.5. The zero-order chi connectivity index (χ0) is 34.2. The van der Waals surface area contributed by atoms with Crippen LogP contribution < -0.4 is 40.2 Å². The third-order valence-corrected chi connectivity index (χ3v) is 7.13. The number of pyridine rings is 2. The summed E-state index contributed by atoms with van der Waals surface area (Å²) in [4.78, 5) is 30.7. The molecule has 1 atom stereocenters. The molecule has 10 nitrogen and oxygen atoms in total. The molecule has 1 aliphatic heterocycles. The van der Waals surface area contributed by atoms with Crippen molar-refractivity contribution in [2.24, 2.45) is 0 Å². The number of halogens is 4. The van der Waals surface area contributed by atoms with Crippen molar-refractivity contribution < 1.29 is 68.0 Å². The Morgan fingerprint density at radius 1 is 0.878 bits per heavy atom. The van der Waals surface area contributed by atoms with Gasteiger partial charge in [-0.3, -0.25) is 0 Å². The largest absolute Gasteiger partial charge is 1.00 e. The van der Waals surface area contributed by atoms with Gasteiger partial charge < -0.3 is 30.7 Å². The van der Waals surface area contributed by atoms with Gasteiger partial charge in [-0.25, -0.2) is 28.3 Å². The summed E-state index contributed by atoms with van der Waals surface area (Å²) in [5.41, 5.74) is 2.02. The summed E-state index contributed by atoms with van der Waals surface area (Å²) >= 11 is 11.6. The molecule has 1 fully saturated rings. The molecule has 0 amide bonds. The first-order valence-corrected chi connectivity index (χ1v) is 15.5. The average Bonchev–Trinajstić information content (AvgIpc) is 3.52. The fraction of sp³-hybridized carbons (Fsp3) is 0.294. The predicted molar refractivity (Wildman–Crippen MR) is 181 cm³/mol. The number of methoxy groups -OCH3 is 1. The average molecular weight is 730 g/mol. The van der Waals surface area contributed by atoms with E-state index >= 15 is 0 Å². The Bertz CT molecular complexity index is 1630. The number of carbonyl (C=O) groups excluding carboxylic acids is 1. The SMILES string of the molecule is CC1CCCO1.COC(=O)c1ccc(Cl)nc1NCCc1cccc(F)c1.O=C(O)c1ccc(Cl)nc1NCCc1cccc(F)c1.[Na+].[OH-]. The van der Waals surface area contributed by atoms with E-state index in [2.05, 4.69) is 32.3 Å². The summed E-state index contributed by atoms with van der Waals surface area (Å²) < 4.78 is 35.9. The predicted octanol–water partition coefficient (Wildman–Crippen LogP) is 4.55. The summed E-state index contributed by atoms with van der Waals surface area (Å²) in [7, 11) is 1.30. The molecule has 2 aromatic carbocycles. The van der Waals surface area contributed by atoms with E-state index in [0.717, 1.165) is 17.7 Å². The monoisotopic (exact) mass is 728 g/mol. The van der Waals surface area contributed by atoms with Crippen LogP contribution in [0.5, 0.6) is 0 Å². The zero-order valence-corrected chi connectivity index (χ0v) is 30.9. The minimum atomic E-state index is -1.08. The molecular weight excluding hydrogens is 692 g/mol. The van der Waals surface area contributed by atoms with Crippen LogP contribution in [0, 0.1) is 11.6 Å². The van der Waals surface area contributed by atoms with E-state index in [4.69, 9.17) is 33.0 Å². The van der Waals surface area contributed by atoms with Crippen molar-refractivity contribution in [3.05, 3.63) is 117 Å². The number of carboxylic acid groups (broad SMARTS) is 1. The number of aromatic carboxylic acids is 1. The van der Waals surface area contributed by atoms with Gasteiger partial charge in [0.25, 0.3) is 0 Å². The molecule has 1 saturated heterocycles. The van der Waals surface area contributed by atoms with Crippen LogP contribution >= 0.6 is 23.2 Å². The quantitative estimate of drug-likeness (QED) is 0.120. The molecule has 0 aliphatic carbocycles. The number of hydrogen-bond acceptors (Lipinski definition) is 9. The maximum Gasteiger partial charge on any atom is 1.00 e. The second-order valence-electron chi connectivity index (χ2n) is 10.3. The maximum atomic E-state index is 13.1. The number of carbonyl (C=O) groups is 2. The van der Waals surface area contributed by atoms with Crippen LogP contribution in [-0.4, -0.2) is 65.4 Å². The second-order valence-corrected chi connectivity index (χ2v) is 11.1. The normalized spacial score (nSPS) is 12.8. The summed E-state index contributed by atoms with van der Waals surface area (Å²) in [6, 6.07) is 18.5. The summed E-state index contributed by atoms with van der Waals surface area (Å²) in [5.74, 6) is -1.58. The van der Waals surface area contributed by atoms with Gasteiger partial charge >= 0.3 is 41.5 Å². The van der Waals surface area contributed by atoms with Crippen LogP contribution in [0.4, 0.5) is 20.4 Å². The van der Waals surface area contributed by atoms with Crippen molar-refractivity contribution in [1.82, 2.24) is 9.97 Å². The molecule has 258 valence electrons. The van der Waals surface area contributed by atoms with Gasteiger partial charge in [-0.15, -0.1) is 0 Å². The van der Waals surface area contributed by atoms with Crippen molar-refractivity contribution in [3.8, 4) is 0 Å². The van der Waals surface area contributed by atoms with Crippen molar-refractivity contribution in [2.75, 3.05) is 37.4 Å². The number of ether oxygens (including phenoxy) is 2. The van der Waals surface area contributed by atoms with Gasteiger partial charge in [0.05, 0.1) is 13.2 Å². The number of carboxylic acids is 1. The number of aromatic nitrogens is 2. The molecular formula is C34H37Cl2F2N4NaO6. The number of anilines is 2. The Hall–Kier alpha value is -3.36. The summed E-state index contributed by atoms with van der Waals surface area (Å²) in [6.45, 7) is 4.02. The van der Waals surface area contributed by atoms with E-state index in [9.17, 15) is 18.4 Å². The Labute approximate surface area is 316 Å². The number of esters is 1. The molecule has 3 heterocycles. The molecule has 5 rings (SSSR count). The maximum absolute atomic E-state index is 13.1. The number of nitrogens with one attached hydrogen (secondary N) is 2. The summed E-state index contributed by atoms with van der Waals surface area (Å²) in [5, 5.41) is 15.4. The minimum absolute atomic E-state index is 0. The molecule has 0 saturated carbocycles. The molecule has 0 spiro atoms. The second kappa shape index (κ2) is 23.1. The Morgan fingerprint density at radius 2 is 1.37 bits per heavy atom. The van der Waals surface area contributed by atoms with Crippen LogP contribution in [0.2, 0.25) is 10.3 Å². The van der Waals surface area contributed by atoms with E-state index < -0.39 is 11.9 Å². The molecule has 49 heavy (non-hydrogen) atoms. The van der Waals surface area contributed by atoms with E-state index in [1.54, 1.807) is 24.3 Å². The standard InChI is InChI=1S/C15H14ClFN2O2.C14H12ClFN2O2.C5H10O.Na.H2O/c1-21-15(20)12-5-6-13(16)19-14(12)18-8-7-10-3-2-4-11(17)9-10;15-12-5-4-11(14(19)20)13(18-12)17-7-6-9-2-1-3-10(16)8-9;1-5-3-2-4-6-5;;/h2-6,9H,7-8H2,1H3,(H,18,19);1-5,8H,6-7H2,(H,17,18)(H,19,20);5H,2-4H2,1H3;;1H2/q;;;+1;/p-1. The first kappa shape index (κ1) is 43.7. The van der Waals surface area contributed by atoms with E-state index in [-0.39, 0.29) is 68.4 Å². The van der Waals surface area contributed by atoms with Crippen LogP contribution in [0.15, 0.2) is 72.8 Å². The molecule has 1 aliphatic rings. The van der Waals surface area contributed by atoms with Crippen LogP contribution in [0.3, 0.4) is 0 Å². The zero-order valence-electron chi connectivity index (χ0n) is 27.4. The number of benzene rings is 2. The third-order valence-electron chi connectivity index (χ3n) is 6.71. The molecule has 15 heteroatoms. The van der Waals surface area contributed by atoms with Gasteiger partial charge in [-0.1, -0.05) is 47.5 Å².